The first kappa shape index (κ1) is 20.0. The van der Waals surface area contributed by atoms with Gasteiger partial charge in [0.05, 0.1) is 12.5 Å². The zero-order valence-corrected chi connectivity index (χ0v) is 17.5. The third-order valence-electron chi connectivity index (χ3n) is 5.51. The van der Waals surface area contributed by atoms with E-state index in [1.807, 2.05) is 6.08 Å². The molecule has 2 aliphatic rings. The van der Waals surface area contributed by atoms with E-state index in [9.17, 15) is 4.79 Å². The highest BCUT2D eigenvalue weighted by Gasteiger charge is 2.41. The summed E-state index contributed by atoms with van der Waals surface area (Å²) in [7, 11) is -1.86. The van der Waals surface area contributed by atoms with Crippen molar-refractivity contribution in [1.29, 1.82) is 0 Å². The summed E-state index contributed by atoms with van der Waals surface area (Å²) in [6, 6.07) is 0. The van der Waals surface area contributed by atoms with E-state index in [1.54, 1.807) is 0 Å². The van der Waals surface area contributed by atoms with E-state index in [-0.39, 0.29) is 35.1 Å². The smallest absolute Gasteiger partial charge is 0.306 e. The molecule has 0 aromatic carbocycles. The van der Waals surface area contributed by atoms with E-state index >= 15 is 0 Å². The van der Waals surface area contributed by atoms with Crippen LogP contribution in [-0.4, -0.2) is 26.5 Å². The lowest BCUT2D eigenvalue weighted by Crippen LogP contribution is -2.43. The van der Waals surface area contributed by atoms with Crippen molar-refractivity contribution in [1.82, 2.24) is 0 Å². The van der Waals surface area contributed by atoms with Crippen molar-refractivity contribution in [2.24, 2.45) is 11.8 Å². The Bertz CT molecular complexity index is 601. The van der Waals surface area contributed by atoms with Crippen LogP contribution in [0.4, 0.5) is 0 Å². The maximum atomic E-state index is 11.5. The number of carbonyl (C=O) groups is 1. The molecule has 1 fully saturated rings. The average molecular weight is 361 g/mol. The SMILES string of the molecule is CCC#CC[C@@H](/C=C/[C@H]1C=C[C@H]2OC(=O)C[C@@H]12)O[Si](C)(C)C(C)(C)C. The number of allylic oxidation sites excluding steroid dienone is 2. The van der Waals surface area contributed by atoms with Crippen LogP contribution < -0.4 is 0 Å². The molecule has 138 valence electrons. The Morgan fingerprint density at radius 2 is 2.08 bits per heavy atom. The van der Waals surface area contributed by atoms with Gasteiger partial charge in [0.15, 0.2) is 8.32 Å². The Morgan fingerprint density at radius 3 is 2.72 bits per heavy atom. The molecule has 0 N–H and O–H groups in total. The zero-order valence-electron chi connectivity index (χ0n) is 16.5. The van der Waals surface area contributed by atoms with Crippen LogP contribution in [0.25, 0.3) is 0 Å². The van der Waals surface area contributed by atoms with Gasteiger partial charge in [-0.3, -0.25) is 4.79 Å². The van der Waals surface area contributed by atoms with Crippen LogP contribution in [0, 0.1) is 23.7 Å². The maximum Gasteiger partial charge on any atom is 0.306 e. The molecule has 0 spiro atoms. The highest BCUT2D eigenvalue weighted by molar-refractivity contribution is 6.74. The van der Waals surface area contributed by atoms with Gasteiger partial charge in [0.25, 0.3) is 0 Å². The third-order valence-corrected chi connectivity index (χ3v) is 10.0. The fourth-order valence-corrected chi connectivity index (χ4v) is 4.25. The van der Waals surface area contributed by atoms with Gasteiger partial charge in [0.2, 0.25) is 0 Å². The summed E-state index contributed by atoms with van der Waals surface area (Å²) in [5, 5.41) is 0.168. The van der Waals surface area contributed by atoms with E-state index < -0.39 is 8.32 Å². The van der Waals surface area contributed by atoms with Crippen molar-refractivity contribution in [3.63, 3.8) is 0 Å². The predicted octanol–water partition coefficient (Wildman–Crippen LogP) is 4.85. The van der Waals surface area contributed by atoms with Crippen molar-refractivity contribution >= 4 is 14.3 Å². The molecule has 0 aromatic rings. The number of fused-ring (bicyclic) bond motifs is 1. The summed E-state index contributed by atoms with van der Waals surface area (Å²) in [4.78, 5) is 11.5. The lowest BCUT2D eigenvalue weighted by molar-refractivity contribution is -0.140. The summed E-state index contributed by atoms with van der Waals surface area (Å²) < 4.78 is 11.9. The number of esters is 1. The summed E-state index contributed by atoms with van der Waals surface area (Å²) in [5.74, 6) is 6.80. The van der Waals surface area contributed by atoms with Crippen molar-refractivity contribution in [3.8, 4) is 11.8 Å². The lowest BCUT2D eigenvalue weighted by atomic mass is 9.92. The molecule has 1 aliphatic carbocycles. The molecule has 1 aliphatic heterocycles. The molecule has 0 radical (unpaired) electrons. The van der Waals surface area contributed by atoms with E-state index in [0.29, 0.717) is 6.42 Å². The summed E-state index contributed by atoms with van der Waals surface area (Å²) in [6.45, 7) is 13.4. The van der Waals surface area contributed by atoms with Crippen LogP contribution in [0.15, 0.2) is 24.3 Å². The summed E-state index contributed by atoms with van der Waals surface area (Å²) >= 11 is 0. The molecular formula is C21H32O3Si. The van der Waals surface area contributed by atoms with Gasteiger partial charge in [-0.25, -0.2) is 0 Å². The molecule has 0 saturated carbocycles. The van der Waals surface area contributed by atoms with Gasteiger partial charge in [0.1, 0.15) is 6.10 Å². The van der Waals surface area contributed by atoms with Crippen LogP contribution in [-0.2, 0) is 14.0 Å². The van der Waals surface area contributed by atoms with Crippen LogP contribution in [0.2, 0.25) is 18.1 Å². The minimum absolute atomic E-state index is 0.00501. The van der Waals surface area contributed by atoms with E-state index in [0.717, 1.165) is 12.8 Å². The fraction of sp³-hybridized carbons (Fsp3) is 0.667. The fourth-order valence-electron chi connectivity index (χ4n) is 2.97. The quantitative estimate of drug-likeness (QED) is 0.304. The molecule has 1 heterocycles. The van der Waals surface area contributed by atoms with Crippen LogP contribution in [0.5, 0.6) is 0 Å². The molecule has 0 bridgehead atoms. The minimum Gasteiger partial charge on any atom is -0.458 e. The number of hydrogen-bond donors (Lipinski definition) is 0. The topological polar surface area (TPSA) is 35.5 Å². The first-order valence-electron chi connectivity index (χ1n) is 9.33. The molecule has 0 aromatic heterocycles. The van der Waals surface area contributed by atoms with Crippen LogP contribution in [0.3, 0.4) is 0 Å². The molecular weight excluding hydrogens is 328 g/mol. The van der Waals surface area contributed by atoms with Gasteiger partial charge in [-0.05, 0) is 24.2 Å². The first-order valence-corrected chi connectivity index (χ1v) is 12.2. The summed E-state index contributed by atoms with van der Waals surface area (Å²) in [6.07, 6.45) is 10.6. The Kier molecular flexibility index (Phi) is 6.34. The molecule has 2 rings (SSSR count). The second kappa shape index (κ2) is 7.93. The van der Waals surface area contributed by atoms with Gasteiger partial charge in [0, 0.05) is 24.7 Å². The summed E-state index contributed by atoms with van der Waals surface area (Å²) in [5.41, 5.74) is 0. The van der Waals surface area contributed by atoms with Crippen molar-refractivity contribution in [3.05, 3.63) is 24.3 Å². The van der Waals surface area contributed by atoms with Gasteiger partial charge in [-0.2, -0.15) is 0 Å². The van der Waals surface area contributed by atoms with Gasteiger partial charge < -0.3 is 9.16 Å². The normalized spacial score (nSPS) is 27.1. The molecule has 0 amide bonds. The number of carbonyl (C=O) groups excluding carboxylic acids is 1. The number of ether oxygens (including phenoxy) is 1. The van der Waals surface area contributed by atoms with Crippen LogP contribution >= 0.6 is 0 Å². The third kappa shape index (κ3) is 5.09. The molecule has 0 unspecified atom stereocenters. The second-order valence-corrected chi connectivity index (χ2v) is 13.3. The zero-order chi connectivity index (χ0) is 18.7. The maximum absolute atomic E-state index is 11.5. The van der Waals surface area contributed by atoms with Crippen molar-refractivity contribution in [2.75, 3.05) is 0 Å². The van der Waals surface area contributed by atoms with Gasteiger partial charge in [-0.15, -0.1) is 11.8 Å². The lowest BCUT2D eigenvalue weighted by Gasteiger charge is -2.38. The average Bonchev–Trinajstić information content (AvgIpc) is 3.02. The first-order chi connectivity index (χ1) is 11.6. The van der Waals surface area contributed by atoms with Crippen molar-refractivity contribution < 1.29 is 14.0 Å². The van der Waals surface area contributed by atoms with E-state index in [4.69, 9.17) is 9.16 Å². The Hall–Kier alpha value is -1.31. The van der Waals surface area contributed by atoms with Gasteiger partial charge >= 0.3 is 5.97 Å². The monoisotopic (exact) mass is 360 g/mol. The highest BCUT2D eigenvalue weighted by atomic mass is 28.4. The Labute approximate surface area is 154 Å². The Morgan fingerprint density at radius 1 is 1.36 bits per heavy atom. The van der Waals surface area contributed by atoms with E-state index in [1.165, 1.54) is 0 Å². The van der Waals surface area contributed by atoms with Crippen molar-refractivity contribution in [2.45, 2.75) is 77.3 Å². The number of rotatable bonds is 5. The second-order valence-electron chi connectivity index (χ2n) is 8.50. The molecule has 25 heavy (non-hydrogen) atoms. The molecule has 3 nitrogen and oxygen atoms in total. The van der Waals surface area contributed by atoms with E-state index in [2.05, 4.69) is 70.9 Å². The molecule has 1 saturated heterocycles. The molecule has 4 atom stereocenters. The molecule has 4 heteroatoms. The van der Waals surface area contributed by atoms with Crippen LogP contribution in [0.1, 0.15) is 47.0 Å². The predicted molar refractivity (Wildman–Crippen MR) is 105 cm³/mol. The van der Waals surface area contributed by atoms with Gasteiger partial charge in [-0.1, -0.05) is 45.9 Å². The minimum atomic E-state index is -1.86. The highest BCUT2D eigenvalue weighted by Crippen LogP contribution is 2.39. The Balaban J connectivity index is 2.08. The standard InChI is InChI=1S/C21H32O3Si/c1-7-8-9-10-17(24-25(5,6)21(2,3)4)13-11-16-12-14-19-18(16)15-20(22)23-19/h11-14,16-19H,7,10,15H2,1-6H3/b13-11+/t16-,17-,18-,19+/m0/s1. The largest absolute Gasteiger partial charge is 0.458 e. The number of hydrogen-bond acceptors (Lipinski definition) is 3.